The molecule has 4 N–H and O–H groups in total. The van der Waals surface area contributed by atoms with Crippen LogP contribution in [0, 0.1) is 5.92 Å². The molecular formula is C9H16N3O8P. The van der Waals surface area contributed by atoms with Crippen LogP contribution in [0.25, 0.3) is 10.4 Å². The number of azide groups is 1. The summed E-state index contributed by atoms with van der Waals surface area (Å²) in [5.74, 6) is -1.60. The SMILES string of the molecule is CC(=O)OC1[C@@H](OP(=O)(O)O)CC(CN=[N+]=[N-])[C@@H](O)[C@@H]1O. The highest BCUT2D eigenvalue weighted by Gasteiger charge is 2.47. The quantitative estimate of drug-likeness (QED) is 0.170. The molecule has 0 bridgehead atoms. The summed E-state index contributed by atoms with van der Waals surface area (Å²) in [6.07, 6.45) is -5.96. The minimum Gasteiger partial charge on any atom is -0.457 e. The lowest BCUT2D eigenvalue weighted by molar-refractivity contribution is -0.186. The first kappa shape index (κ1) is 17.9. The molecule has 12 heteroatoms. The number of hydrogen-bond acceptors (Lipinski definition) is 7. The maximum atomic E-state index is 11.0. The highest BCUT2D eigenvalue weighted by Crippen LogP contribution is 2.43. The van der Waals surface area contributed by atoms with Crippen LogP contribution in [0.2, 0.25) is 0 Å². The van der Waals surface area contributed by atoms with E-state index >= 15 is 0 Å². The average molecular weight is 325 g/mol. The van der Waals surface area contributed by atoms with E-state index < -0.39 is 44.1 Å². The van der Waals surface area contributed by atoms with Gasteiger partial charge in [0.25, 0.3) is 0 Å². The molecule has 0 heterocycles. The lowest BCUT2D eigenvalue weighted by Crippen LogP contribution is -2.56. The first-order valence-electron chi connectivity index (χ1n) is 5.94. The van der Waals surface area contributed by atoms with Gasteiger partial charge in [0.2, 0.25) is 0 Å². The molecule has 0 aliphatic heterocycles. The van der Waals surface area contributed by atoms with Gasteiger partial charge >= 0.3 is 13.8 Å². The second-order valence-corrected chi connectivity index (χ2v) is 5.79. The summed E-state index contributed by atoms with van der Waals surface area (Å²) in [6.45, 7) is 0.836. The van der Waals surface area contributed by atoms with Gasteiger partial charge in [-0.3, -0.25) is 9.32 Å². The third-order valence-corrected chi connectivity index (χ3v) is 3.57. The van der Waals surface area contributed by atoms with Crippen molar-refractivity contribution in [3.63, 3.8) is 0 Å². The molecule has 0 radical (unpaired) electrons. The summed E-state index contributed by atoms with van der Waals surface area (Å²) in [5, 5.41) is 23.1. The van der Waals surface area contributed by atoms with Crippen molar-refractivity contribution in [1.29, 1.82) is 0 Å². The van der Waals surface area contributed by atoms with Gasteiger partial charge in [0.05, 0.1) is 6.10 Å². The topological polar surface area (TPSA) is 182 Å². The Morgan fingerprint density at radius 3 is 2.52 bits per heavy atom. The molecule has 0 aromatic carbocycles. The first-order chi connectivity index (χ1) is 9.65. The number of phosphoric acid groups is 1. The van der Waals surface area contributed by atoms with Crippen LogP contribution in [0.5, 0.6) is 0 Å². The Morgan fingerprint density at radius 2 is 2.05 bits per heavy atom. The van der Waals surface area contributed by atoms with Crippen LogP contribution in [0.15, 0.2) is 5.11 Å². The van der Waals surface area contributed by atoms with Crippen LogP contribution in [-0.4, -0.2) is 56.9 Å². The van der Waals surface area contributed by atoms with Crippen LogP contribution in [0.1, 0.15) is 13.3 Å². The number of rotatable bonds is 5. The molecule has 21 heavy (non-hydrogen) atoms. The maximum absolute atomic E-state index is 11.0. The second kappa shape index (κ2) is 7.19. The van der Waals surface area contributed by atoms with Gasteiger partial charge in [0, 0.05) is 18.4 Å². The summed E-state index contributed by atoms with van der Waals surface area (Å²) >= 11 is 0. The normalized spacial score (nSPS) is 33.1. The second-order valence-electron chi connectivity index (χ2n) is 4.60. The molecule has 1 aliphatic carbocycles. The van der Waals surface area contributed by atoms with Gasteiger partial charge in [-0.15, -0.1) is 0 Å². The standard InChI is InChI=1S/C9H16N3O8P/c1-4(13)19-9-6(20-21(16,17)18)2-5(3-11-12-10)7(14)8(9)15/h5-9,14-15H,2-3H2,1H3,(H2,16,17,18)/t5?,6-,7+,8-,9?/m0/s1. The number of aliphatic hydroxyl groups excluding tert-OH is 2. The Balaban J connectivity index is 2.97. The summed E-state index contributed by atoms with van der Waals surface area (Å²) < 4.78 is 20.2. The average Bonchev–Trinajstić information content (AvgIpc) is 2.34. The number of esters is 1. The minimum absolute atomic E-state index is 0.166. The van der Waals surface area contributed by atoms with Gasteiger partial charge in [-0.25, -0.2) is 4.57 Å². The summed E-state index contributed by atoms with van der Waals surface area (Å²) in [6, 6.07) is 0. The highest BCUT2D eigenvalue weighted by molar-refractivity contribution is 7.46. The fourth-order valence-electron chi connectivity index (χ4n) is 2.21. The smallest absolute Gasteiger partial charge is 0.457 e. The molecule has 5 atom stereocenters. The molecule has 1 aliphatic rings. The number of ether oxygens (including phenoxy) is 1. The molecule has 2 unspecified atom stereocenters. The monoisotopic (exact) mass is 325 g/mol. The fourth-order valence-corrected chi connectivity index (χ4v) is 2.76. The van der Waals surface area contributed by atoms with Crippen LogP contribution in [-0.2, 0) is 18.6 Å². The lowest BCUT2D eigenvalue weighted by atomic mass is 9.81. The molecular weight excluding hydrogens is 309 g/mol. The third-order valence-electron chi connectivity index (χ3n) is 3.03. The van der Waals surface area contributed by atoms with Crippen molar-refractivity contribution >= 4 is 13.8 Å². The van der Waals surface area contributed by atoms with Crippen LogP contribution >= 0.6 is 7.82 Å². The van der Waals surface area contributed by atoms with Gasteiger partial charge in [0.15, 0.2) is 6.10 Å². The zero-order valence-electron chi connectivity index (χ0n) is 11.0. The Kier molecular flexibility index (Phi) is 6.11. The van der Waals surface area contributed by atoms with Gasteiger partial charge in [0.1, 0.15) is 12.2 Å². The van der Waals surface area contributed by atoms with E-state index in [4.69, 9.17) is 20.1 Å². The number of carbonyl (C=O) groups is 1. The third kappa shape index (κ3) is 5.25. The van der Waals surface area contributed by atoms with Gasteiger partial charge in [-0.2, -0.15) is 0 Å². The maximum Gasteiger partial charge on any atom is 0.469 e. The number of hydrogen-bond donors (Lipinski definition) is 4. The van der Waals surface area contributed by atoms with Crippen molar-refractivity contribution in [1.82, 2.24) is 0 Å². The molecule has 1 fully saturated rings. The van der Waals surface area contributed by atoms with E-state index in [-0.39, 0.29) is 13.0 Å². The molecule has 11 nitrogen and oxygen atoms in total. The van der Waals surface area contributed by atoms with Crippen molar-refractivity contribution in [2.45, 2.75) is 37.8 Å². The zero-order chi connectivity index (χ0) is 16.2. The first-order valence-corrected chi connectivity index (χ1v) is 7.47. The highest BCUT2D eigenvalue weighted by atomic mass is 31.2. The van der Waals surface area contributed by atoms with Crippen molar-refractivity contribution in [3.05, 3.63) is 10.4 Å². The van der Waals surface area contributed by atoms with Crippen LogP contribution in [0.3, 0.4) is 0 Å². The van der Waals surface area contributed by atoms with E-state index in [1.807, 2.05) is 0 Å². The molecule has 0 saturated heterocycles. The molecule has 1 saturated carbocycles. The number of nitrogens with zero attached hydrogens (tertiary/aromatic N) is 3. The van der Waals surface area contributed by atoms with Gasteiger partial charge in [-0.1, -0.05) is 5.11 Å². The Morgan fingerprint density at radius 1 is 1.43 bits per heavy atom. The predicted octanol–water partition coefficient (Wildman–Crippen LogP) is -0.552. The lowest BCUT2D eigenvalue weighted by Gasteiger charge is -2.41. The van der Waals surface area contributed by atoms with E-state index in [0.717, 1.165) is 6.92 Å². The van der Waals surface area contributed by atoms with Crippen molar-refractivity contribution in [2.75, 3.05) is 6.54 Å². The summed E-state index contributed by atoms with van der Waals surface area (Å²) in [7, 11) is -4.90. The molecule has 0 aromatic rings. The molecule has 0 amide bonds. The van der Waals surface area contributed by atoms with Crippen molar-refractivity contribution < 1.29 is 38.6 Å². The fraction of sp³-hybridized carbons (Fsp3) is 0.889. The van der Waals surface area contributed by atoms with E-state index in [0.29, 0.717) is 0 Å². The van der Waals surface area contributed by atoms with Crippen molar-refractivity contribution in [3.8, 4) is 0 Å². The number of aliphatic hydroxyl groups is 2. The Bertz CT molecular complexity index is 476. The Hall–Kier alpha value is -1.19. The number of phosphoric ester groups is 1. The summed E-state index contributed by atoms with van der Waals surface area (Å²) in [4.78, 5) is 31.2. The largest absolute Gasteiger partial charge is 0.469 e. The van der Waals surface area contributed by atoms with Crippen molar-refractivity contribution in [2.24, 2.45) is 11.0 Å². The minimum atomic E-state index is -4.90. The van der Waals surface area contributed by atoms with E-state index in [1.165, 1.54) is 0 Å². The molecule has 1 rings (SSSR count). The van der Waals surface area contributed by atoms with E-state index in [1.54, 1.807) is 0 Å². The summed E-state index contributed by atoms with van der Waals surface area (Å²) in [5.41, 5.74) is 8.26. The van der Waals surface area contributed by atoms with Gasteiger partial charge in [-0.05, 0) is 17.9 Å². The van der Waals surface area contributed by atoms with E-state index in [9.17, 15) is 19.6 Å². The molecule has 0 aromatic heterocycles. The van der Waals surface area contributed by atoms with Crippen LogP contribution < -0.4 is 0 Å². The van der Waals surface area contributed by atoms with E-state index in [2.05, 4.69) is 14.5 Å². The molecule has 120 valence electrons. The van der Waals surface area contributed by atoms with Crippen LogP contribution in [0.4, 0.5) is 0 Å². The Labute approximate surface area is 119 Å². The number of carbonyl (C=O) groups excluding carboxylic acids is 1. The predicted molar refractivity (Wildman–Crippen MR) is 66.6 cm³/mol. The van der Waals surface area contributed by atoms with Gasteiger partial charge < -0.3 is 24.7 Å². The zero-order valence-corrected chi connectivity index (χ0v) is 11.9. The molecule has 0 spiro atoms.